The number of imide groups is 1. The summed E-state index contributed by atoms with van der Waals surface area (Å²) >= 11 is 12.0. The average Bonchev–Trinajstić information content (AvgIpc) is 3.06. The van der Waals surface area contributed by atoms with Crippen molar-refractivity contribution in [2.24, 2.45) is 0 Å². The summed E-state index contributed by atoms with van der Waals surface area (Å²) in [6, 6.07) is 13.2. The monoisotopic (exact) mass is 547 g/mol. The van der Waals surface area contributed by atoms with Crippen LogP contribution in [-0.4, -0.2) is 61.5 Å². The number of nitrogens with zero attached hydrogens (tertiary/aromatic N) is 1. The molecule has 1 heterocycles. The van der Waals surface area contributed by atoms with Crippen LogP contribution in [0.1, 0.15) is 37.5 Å². The minimum absolute atomic E-state index is 0.0364. The number of esters is 1. The third-order valence-corrected chi connectivity index (χ3v) is 7.44. The first-order valence-electron chi connectivity index (χ1n) is 10.7. The van der Waals surface area contributed by atoms with E-state index in [1.54, 1.807) is 24.3 Å². The van der Waals surface area contributed by atoms with Crippen molar-refractivity contribution in [3.8, 4) is 0 Å². The first kappa shape index (κ1) is 25.8. The summed E-state index contributed by atoms with van der Waals surface area (Å²) in [4.78, 5) is 52.6. The molecule has 8 nitrogen and oxygen atoms in total. The number of hydrogen-bond acceptors (Lipinski definition) is 7. The lowest BCUT2D eigenvalue weighted by Gasteiger charge is -2.24. The first-order valence-corrected chi connectivity index (χ1v) is 13.5. The molecule has 0 fully saturated rings. The zero-order valence-corrected chi connectivity index (χ0v) is 21.2. The molecule has 1 atom stereocenters. The maximum Gasteiger partial charge on any atom is 0.329 e. The Morgan fingerprint density at radius 2 is 1.53 bits per heavy atom. The normalized spacial score (nSPS) is 14.1. The van der Waals surface area contributed by atoms with Gasteiger partial charge in [0, 0.05) is 11.8 Å². The maximum absolute atomic E-state index is 13.1. The first-order chi connectivity index (χ1) is 17.0. The van der Waals surface area contributed by atoms with Crippen LogP contribution >= 0.6 is 23.2 Å². The van der Waals surface area contributed by atoms with Gasteiger partial charge in [-0.25, -0.2) is 13.2 Å². The second-order valence-electron chi connectivity index (χ2n) is 8.28. The fourth-order valence-corrected chi connectivity index (χ4v) is 4.97. The van der Waals surface area contributed by atoms with Crippen molar-refractivity contribution in [1.29, 1.82) is 0 Å². The van der Waals surface area contributed by atoms with Crippen molar-refractivity contribution < 1.29 is 32.3 Å². The Morgan fingerprint density at radius 3 is 2.14 bits per heavy atom. The number of rotatable bonds is 8. The predicted molar refractivity (Wildman–Crippen MR) is 134 cm³/mol. The second-order valence-corrected chi connectivity index (χ2v) is 11.4. The van der Waals surface area contributed by atoms with Crippen LogP contribution in [-0.2, 0) is 19.4 Å². The Kier molecular flexibility index (Phi) is 7.17. The number of ketones is 1. The van der Waals surface area contributed by atoms with Gasteiger partial charge in [-0.15, -0.1) is 0 Å². The molecule has 0 radical (unpaired) electrons. The van der Waals surface area contributed by atoms with E-state index < -0.39 is 58.2 Å². The van der Waals surface area contributed by atoms with Gasteiger partial charge in [0.1, 0.15) is 15.9 Å². The van der Waals surface area contributed by atoms with Gasteiger partial charge in [-0.3, -0.25) is 19.3 Å². The number of fused-ring (bicyclic) bond motifs is 2. The van der Waals surface area contributed by atoms with Crippen LogP contribution in [0.4, 0.5) is 0 Å². The predicted octanol–water partition coefficient (Wildman–Crippen LogP) is 3.97. The third kappa shape index (κ3) is 5.13. The van der Waals surface area contributed by atoms with E-state index in [2.05, 4.69) is 0 Å². The summed E-state index contributed by atoms with van der Waals surface area (Å²) in [5.74, 6) is -3.77. The Balaban J connectivity index is 1.59. The van der Waals surface area contributed by atoms with Gasteiger partial charge in [0.05, 0.1) is 26.9 Å². The van der Waals surface area contributed by atoms with E-state index in [0.29, 0.717) is 15.8 Å². The molecule has 3 aromatic carbocycles. The molecule has 11 heteroatoms. The highest BCUT2D eigenvalue weighted by molar-refractivity contribution is 7.90. The highest BCUT2D eigenvalue weighted by Gasteiger charge is 2.44. The van der Waals surface area contributed by atoms with E-state index in [1.165, 1.54) is 12.1 Å². The lowest BCUT2D eigenvalue weighted by molar-refractivity contribution is -0.147. The number of ether oxygens (including phenoxy) is 1. The summed E-state index contributed by atoms with van der Waals surface area (Å²) in [5, 5.41) is 1.57. The van der Waals surface area contributed by atoms with Crippen molar-refractivity contribution in [1.82, 2.24) is 4.90 Å². The van der Waals surface area contributed by atoms with Gasteiger partial charge in [0.15, 0.2) is 6.61 Å². The van der Waals surface area contributed by atoms with Gasteiger partial charge < -0.3 is 4.74 Å². The van der Waals surface area contributed by atoms with Crippen LogP contribution in [0.25, 0.3) is 10.8 Å². The molecule has 1 aliphatic rings. The SMILES string of the molecule is CS(=O)(=O)CC[C@@H](C(=O)OCC(=O)c1cccc2ccccc12)N1C(=O)c2cc(Cl)c(Cl)cc2C1=O. The topological polar surface area (TPSA) is 115 Å². The number of hydrogen-bond donors (Lipinski definition) is 0. The number of sulfone groups is 1. The van der Waals surface area contributed by atoms with Crippen LogP contribution in [0, 0.1) is 0 Å². The molecule has 3 aromatic rings. The Labute approximate surface area is 216 Å². The number of Topliss-reactive ketones (excluding diaryl/α,β-unsaturated/α-hetero) is 1. The van der Waals surface area contributed by atoms with Gasteiger partial charge in [0.2, 0.25) is 5.78 Å². The summed E-state index contributed by atoms with van der Waals surface area (Å²) in [5.41, 5.74) is 0.190. The molecule has 186 valence electrons. The Morgan fingerprint density at radius 1 is 0.944 bits per heavy atom. The smallest absolute Gasteiger partial charge is 0.329 e. The van der Waals surface area contributed by atoms with E-state index in [4.69, 9.17) is 27.9 Å². The van der Waals surface area contributed by atoms with Gasteiger partial charge in [-0.05, 0) is 29.3 Å². The fourth-order valence-electron chi connectivity index (χ4n) is 3.99. The zero-order valence-electron chi connectivity index (χ0n) is 18.9. The molecule has 2 amide bonds. The molecule has 0 spiro atoms. The summed E-state index contributed by atoms with van der Waals surface area (Å²) in [6.07, 6.45) is 0.550. The molecular formula is C25H19Cl2NO7S. The summed E-state index contributed by atoms with van der Waals surface area (Å²) in [6.45, 7) is -0.664. The lowest BCUT2D eigenvalue weighted by atomic mass is 10.0. The molecular weight excluding hydrogens is 529 g/mol. The van der Waals surface area contributed by atoms with E-state index in [0.717, 1.165) is 11.6 Å². The number of amides is 2. The fraction of sp³-hybridized carbons (Fsp3) is 0.200. The third-order valence-electron chi connectivity index (χ3n) is 5.74. The number of carbonyl (C=O) groups is 4. The Bertz CT molecular complexity index is 1490. The molecule has 0 N–H and O–H groups in total. The number of carbonyl (C=O) groups excluding carboxylic acids is 4. The summed E-state index contributed by atoms with van der Waals surface area (Å²) in [7, 11) is -3.56. The highest BCUT2D eigenvalue weighted by Crippen LogP contribution is 2.33. The second kappa shape index (κ2) is 10.0. The van der Waals surface area contributed by atoms with Gasteiger partial charge in [-0.1, -0.05) is 65.7 Å². The highest BCUT2D eigenvalue weighted by atomic mass is 35.5. The molecule has 4 rings (SSSR count). The van der Waals surface area contributed by atoms with Crippen molar-refractivity contribution >= 4 is 67.4 Å². The number of benzene rings is 3. The molecule has 0 saturated carbocycles. The van der Waals surface area contributed by atoms with Gasteiger partial charge in [-0.2, -0.15) is 0 Å². The zero-order chi connectivity index (χ0) is 26.2. The van der Waals surface area contributed by atoms with Crippen molar-refractivity contribution in [2.45, 2.75) is 12.5 Å². The van der Waals surface area contributed by atoms with Crippen LogP contribution < -0.4 is 0 Å². The quantitative estimate of drug-likeness (QED) is 0.238. The number of halogens is 2. The van der Waals surface area contributed by atoms with Gasteiger partial charge >= 0.3 is 5.97 Å². The van der Waals surface area contributed by atoms with Gasteiger partial charge in [0.25, 0.3) is 11.8 Å². The Hall–Kier alpha value is -3.27. The molecule has 0 bridgehead atoms. The molecule has 0 aromatic heterocycles. The minimum atomic E-state index is -3.56. The standard InChI is InChI=1S/C25H19Cl2NO7S/c1-36(33,34)10-9-21(28-23(30)17-11-19(26)20(27)12-18(17)24(28)31)25(32)35-13-22(29)16-8-4-6-14-5-2-3-7-15(14)16/h2-8,11-12,21H,9-10,13H2,1H3/t21-/m0/s1. The molecule has 1 aliphatic heterocycles. The van der Waals surface area contributed by atoms with E-state index >= 15 is 0 Å². The molecule has 0 saturated heterocycles. The van der Waals surface area contributed by atoms with E-state index in [-0.39, 0.29) is 21.2 Å². The molecule has 0 aliphatic carbocycles. The average molecular weight is 548 g/mol. The van der Waals surface area contributed by atoms with Crippen LogP contribution in [0.3, 0.4) is 0 Å². The lowest BCUT2D eigenvalue weighted by Crippen LogP contribution is -2.46. The van der Waals surface area contributed by atoms with Crippen molar-refractivity contribution in [3.63, 3.8) is 0 Å². The van der Waals surface area contributed by atoms with Crippen LogP contribution in [0.2, 0.25) is 10.0 Å². The minimum Gasteiger partial charge on any atom is -0.456 e. The maximum atomic E-state index is 13.1. The van der Waals surface area contributed by atoms with Crippen LogP contribution in [0.15, 0.2) is 54.6 Å². The summed E-state index contributed by atoms with van der Waals surface area (Å²) < 4.78 is 28.8. The van der Waals surface area contributed by atoms with E-state index in [1.807, 2.05) is 18.2 Å². The van der Waals surface area contributed by atoms with Crippen molar-refractivity contribution in [3.05, 3.63) is 81.3 Å². The largest absolute Gasteiger partial charge is 0.456 e. The van der Waals surface area contributed by atoms with Crippen LogP contribution in [0.5, 0.6) is 0 Å². The molecule has 36 heavy (non-hydrogen) atoms. The molecule has 0 unspecified atom stereocenters. The van der Waals surface area contributed by atoms with Crippen molar-refractivity contribution in [2.75, 3.05) is 18.6 Å². The van der Waals surface area contributed by atoms with E-state index in [9.17, 15) is 27.6 Å².